The molecule has 2 rings (SSSR count). The molecule has 0 aliphatic rings. The van der Waals surface area contributed by atoms with Gasteiger partial charge in [0.15, 0.2) is 5.69 Å². The fourth-order valence-electron chi connectivity index (χ4n) is 2.37. The molecule has 27 heavy (non-hydrogen) atoms. The smallest absolute Gasteiger partial charge is 0.278 e. The number of rotatable bonds is 7. The van der Waals surface area contributed by atoms with Crippen LogP contribution in [0.25, 0.3) is 0 Å². The van der Waals surface area contributed by atoms with Gasteiger partial charge in [-0.05, 0) is 30.2 Å². The van der Waals surface area contributed by atoms with Crippen LogP contribution in [-0.4, -0.2) is 21.9 Å². The van der Waals surface area contributed by atoms with Crippen LogP contribution in [0.1, 0.15) is 26.0 Å². The molecule has 1 amide bonds. The number of alkyl halides is 3. The number of hydrogen-bond donors (Lipinski definition) is 0. The molecule has 0 saturated heterocycles. The van der Waals surface area contributed by atoms with E-state index in [1.807, 2.05) is 13.8 Å². The maximum atomic E-state index is 14.1. The minimum Gasteiger partial charge on any atom is -0.278 e. The van der Waals surface area contributed by atoms with E-state index in [0.717, 1.165) is 35.0 Å². The van der Waals surface area contributed by atoms with Crippen LogP contribution >= 0.6 is 11.8 Å². The molecule has 1 aromatic carbocycles. The molecule has 0 spiro atoms. The quantitative estimate of drug-likeness (QED) is 0.362. The lowest BCUT2D eigenvalue weighted by atomic mass is 10.2. The minimum absolute atomic E-state index is 0.0646. The molecule has 148 valence electrons. The number of aryl methyl sites for hydroxylation is 1. The van der Waals surface area contributed by atoms with Gasteiger partial charge in [-0.3, -0.25) is 14.4 Å². The zero-order chi connectivity index (χ0) is 20.4. The van der Waals surface area contributed by atoms with Crippen molar-refractivity contribution in [2.24, 2.45) is 13.0 Å². The van der Waals surface area contributed by atoms with Crippen molar-refractivity contribution in [1.82, 2.24) is 9.78 Å². The topological polar surface area (TPSA) is 38.1 Å². The van der Waals surface area contributed by atoms with Crippen molar-refractivity contribution in [2.45, 2.75) is 31.5 Å². The second kappa shape index (κ2) is 8.28. The van der Waals surface area contributed by atoms with E-state index in [0.29, 0.717) is 22.6 Å². The Morgan fingerprint density at radius 2 is 1.96 bits per heavy atom. The van der Waals surface area contributed by atoms with Crippen LogP contribution in [0.4, 0.5) is 33.3 Å². The van der Waals surface area contributed by atoms with Gasteiger partial charge in [0, 0.05) is 13.1 Å². The average molecular weight is 407 g/mol. The monoisotopic (exact) mass is 407 g/mol. The van der Waals surface area contributed by atoms with Crippen LogP contribution in [-0.2, 0) is 18.0 Å². The highest BCUT2D eigenvalue weighted by molar-refractivity contribution is 7.99. The molecule has 0 aliphatic carbocycles. The molecule has 0 unspecified atom stereocenters. The lowest BCUT2D eigenvalue weighted by Crippen LogP contribution is -2.20. The van der Waals surface area contributed by atoms with Gasteiger partial charge in [-0.25, -0.2) is 8.78 Å². The molecular formula is C17H18F5N3OS. The summed E-state index contributed by atoms with van der Waals surface area (Å²) in [7, 11) is 1.32. The van der Waals surface area contributed by atoms with Gasteiger partial charge in [-0.1, -0.05) is 13.8 Å². The maximum Gasteiger partial charge on any atom is 0.437 e. The summed E-state index contributed by atoms with van der Waals surface area (Å²) in [5, 5.41) is 3.56. The third-order valence-electron chi connectivity index (χ3n) is 3.69. The lowest BCUT2D eigenvalue weighted by Gasteiger charge is -2.20. The first-order chi connectivity index (χ1) is 12.6. The Morgan fingerprint density at radius 3 is 2.48 bits per heavy atom. The van der Waals surface area contributed by atoms with E-state index in [4.69, 9.17) is 0 Å². The number of aromatic nitrogens is 2. The Bertz CT molecular complexity index is 820. The number of thioether (sulfide) groups is 1. The van der Waals surface area contributed by atoms with Crippen LogP contribution in [0.15, 0.2) is 23.2 Å². The number of halogens is 5. The van der Waals surface area contributed by atoms with Crippen LogP contribution in [0, 0.1) is 17.6 Å². The Labute approximate surface area is 157 Å². The third kappa shape index (κ3) is 4.79. The molecule has 10 heteroatoms. The van der Waals surface area contributed by atoms with E-state index in [9.17, 15) is 26.7 Å². The van der Waals surface area contributed by atoms with Crippen molar-refractivity contribution in [3.05, 3.63) is 35.5 Å². The van der Waals surface area contributed by atoms with Gasteiger partial charge in [0.2, 0.25) is 6.41 Å². The normalized spacial score (nSPS) is 11.9. The number of carbonyl (C=O) groups excluding carboxylic acids is 1. The first kappa shape index (κ1) is 21.2. The van der Waals surface area contributed by atoms with Gasteiger partial charge in [0.25, 0.3) is 0 Å². The fraction of sp³-hybridized carbons (Fsp3) is 0.412. The summed E-state index contributed by atoms with van der Waals surface area (Å²) in [6.07, 6.45) is -4.07. The minimum atomic E-state index is -4.86. The van der Waals surface area contributed by atoms with Crippen molar-refractivity contribution in [2.75, 3.05) is 10.7 Å². The Hall–Kier alpha value is -2.10. The van der Waals surface area contributed by atoms with E-state index < -0.39 is 34.9 Å². The van der Waals surface area contributed by atoms with Crippen molar-refractivity contribution < 1.29 is 26.7 Å². The van der Waals surface area contributed by atoms with Gasteiger partial charge >= 0.3 is 6.18 Å². The molecule has 0 bridgehead atoms. The van der Waals surface area contributed by atoms with Gasteiger partial charge in [0.05, 0.1) is 5.69 Å². The zero-order valence-corrected chi connectivity index (χ0v) is 15.7. The van der Waals surface area contributed by atoms with E-state index in [-0.39, 0.29) is 11.4 Å². The highest BCUT2D eigenvalue weighted by atomic mass is 32.2. The SMILES string of the molecule is CC(C)CCSc1c(N(C=O)c2ccc(F)cc2F)c(C(F)(F)F)nn1C. The third-order valence-corrected chi connectivity index (χ3v) is 4.86. The summed E-state index contributed by atoms with van der Waals surface area (Å²) < 4.78 is 68.8. The lowest BCUT2D eigenvalue weighted by molar-refractivity contribution is -0.140. The highest BCUT2D eigenvalue weighted by Crippen LogP contribution is 2.44. The van der Waals surface area contributed by atoms with E-state index >= 15 is 0 Å². The second-order valence-corrected chi connectivity index (χ2v) is 7.31. The van der Waals surface area contributed by atoms with Crippen molar-refractivity contribution in [1.29, 1.82) is 0 Å². The number of amides is 1. The highest BCUT2D eigenvalue weighted by Gasteiger charge is 2.41. The van der Waals surface area contributed by atoms with Crippen LogP contribution < -0.4 is 4.90 Å². The molecule has 0 fully saturated rings. The van der Waals surface area contributed by atoms with Crippen molar-refractivity contribution >= 4 is 29.5 Å². The summed E-state index contributed by atoms with van der Waals surface area (Å²) >= 11 is 1.09. The van der Waals surface area contributed by atoms with Gasteiger partial charge in [0.1, 0.15) is 22.3 Å². The summed E-state index contributed by atoms with van der Waals surface area (Å²) in [6.45, 7) is 3.94. The predicted molar refractivity (Wildman–Crippen MR) is 93.0 cm³/mol. The fourth-order valence-corrected chi connectivity index (χ4v) is 3.71. The van der Waals surface area contributed by atoms with Crippen LogP contribution in [0.2, 0.25) is 0 Å². The van der Waals surface area contributed by atoms with E-state index in [2.05, 4.69) is 5.10 Å². The van der Waals surface area contributed by atoms with Gasteiger partial charge < -0.3 is 0 Å². The molecule has 0 radical (unpaired) electrons. The molecule has 0 atom stereocenters. The summed E-state index contributed by atoms with van der Waals surface area (Å²) in [5.41, 5.74) is -2.37. The first-order valence-electron chi connectivity index (χ1n) is 8.02. The molecule has 1 heterocycles. The summed E-state index contributed by atoms with van der Waals surface area (Å²) in [4.78, 5) is 12.1. The predicted octanol–water partition coefficient (Wildman–Crippen LogP) is 5.15. The second-order valence-electron chi connectivity index (χ2n) is 6.23. The Morgan fingerprint density at radius 1 is 1.30 bits per heavy atom. The van der Waals surface area contributed by atoms with Crippen LogP contribution in [0.5, 0.6) is 0 Å². The molecule has 0 saturated carbocycles. The molecule has 0 aliphatic heterocycles. The average Bonchev–Trinajstić information content (AvgIpc) is 2.87. The summed E-state index contributed by atoms with van der Waals surface area (Å²) in [6, 6.07) is 2.28. The van der Waals surface area contributed by atoms with E-state index in [1.54, 1.807) is 0 Å². The number of carbonyl (C=O) groups is 1. The Kier molecular flexibility index (Phi) is 6.50. The largest absolute Gasteiger partial charge is 0.437 e. The van der Waals surface area contributed by atoms with E-state index in [1.165, 1.54) is 7.05 Å². The van der Waals surface area contributed by atoms with Crippen LogP contribution in [0.3, 0.4) is 0 Å². The molecule has 1 aromatic heterocycles. The number of anilines is 2. The van der Waals surface area contributed by atoms with Gasteiger partial charge in [-0.15, -0.1) is 11.8 Å². The van der Waals surface area contributed by atoms with Crippen molar-refractivity contribution in [3.63, 3.8) is 0 Å². The number of hydrogen-bond acceptors (Lipinski definition) is 3. The standard InChI is InChI=1S/C17H18F5N3OS/c1-10(2)6-7-27-16-14(15(17(20,21)22)23-24(16)3)25(9-26)13-5-4-11(18)8-12(13)19/h4-5,8-10H,6-7H2,1-3H3. The number of nitrogens with zero attached hydrogens (tertiary/aromatic N) is 3. The first-order valence-corrected chi connectivity index (χ1v) is 9.01. The maximum absolute atomic E-state index is 14.1. The molecule has 0 N–H and O–H groups in total. The molecule has 2 aromatic rings. The Balaban J connectivity index is 2.60. The molecular weight excluding hydrogens is 389 g/mol. The number of benzene rings is 1. The summed E-state index contributed by atoms with van der Waals surface area (Å²) in [5.74, 6) is -1.25. The van der Waals surface area contributed by atoms with Gasteiger partial charge in [-0.2, -0.15) is 18.3 Å². The van der Waals surface area contributed by atoms with Crippen molar-refractivity contribution in [3.8, 4) is 0 Å². The zero-order valence-electron chi connectivity index (χ0n) is 14.8. The molecule has 4 nitrogen and oxygen atoms in total.